The molecular formula is C6H8N4S. The van der Waals surface area contributed by atoms with Crippen LogP contribution >= 0.6 is 12.2 Å². The molecule has 5 heteroatoms. The lowest BCUT2D eigenvalue weighted by molar-refractivity contribution is 0.958. The van der Waals surface area contributed by atoms with Crippen molar-refractivity contribution in [2.24, 2.45) is 5.84 Å². The minimum Gasteiger partial charge on any atom is -0.318 e. The Morgan fingerprint density at radius 1 is 1.55 bits per heavy atom. The Kier molecular flexibility index (Phi) is 2.88. The molecule has 3 N–H and O–H groups in total. The van der Waals surface area contributed by atoms with Crippen LogP contribution in [-0.4, -0.2) is 15.0 Å². The van der Waals surface area contributed by atoms with Crippen molar-refractivity contribution in [2.75, 3.05) is 0 Å². The molecule has 0 aliphatic rings. The first kappa shape index (κ1) is 8.03. The summed E-state index contributed by atoms with van der Waals surface area (Å²) in [4.78, 5) is 8.48. The Labute approximate surface area is 69.8 Å². The number of nitrogens with two attached hydrogens (primary N) is 1. The van der Waals surface area contributed by atoms with Crippen molar-refractivity contribution in [1.82, 2.24) is 15.4 Å². The van der Waals surface area contributed by atoms with Crippen LogP contribution in [0.1, 0.15) is 5.82 Å². The SMILES string of the molecule is NNC(=S)Cc1ncccn1. The van der Waals surface area contributed by atoms with Crippen molar-refractivity contribution < 1.29 is 0 Å². The van der Waals surface area contributed by atoms with Gasteiger partial charge in [-0.15, -0.1) is 0 Å². The van der Waals surface area contributed by atoms with Gasteiger partial charge in [-0.05, 0) is 6.07 Å². The number of aromatic nitrogens is 2. The Balaban J connectivity index is 2.58. The highest BCUT2D eigenvalue weighted by Crippen LogP contribution is 1.89. The predicted molar refractivity (Wildman–Crippen MR) is 45.7 cm³/mol. The number of nitrogens with zero attached hydrogens (tertiary/aromatic N) is 2. The van der Waals surface area contributed by atoms with Crippen LogP contribution in [0.15, 0.2) is 18.5 Å². The summed E-state index contributed by atoms with van der Waals surface area (Å²) >= 11 is 4.82. The summed E-state index contributed by atoms with van der Waals surface area (Å²) in [6, 6.07) is 1.75. The van der Waals surface area contributed by atoms with E-state index in [9.17, 15) is 0 Å². The molecule has 0 saturated heterocycles. The van der Waals surface area contributed by atoms with Gasteiger partial charge in [0.25, 0.3) is 0 Å². The van der Waals surface area contributed by atoms with Gasteiger partial charge in [0.2, 0.25) is 0 Å². The first-order chi connectivity index (χ1) is 5.33. The van der Waals surface area contributed by atoms with Crippen LogP contribution in [0.4, 0.5) is 0 Å². The van der Waals surface area contributed by atoms with E-state index >= 15 is 0 Å². The molecule has 0 unspecified atom stereocenters. The number of hydrazine groups is 1. The first-order valence-electron chi connectivity index (χ1n) is 3.08. The lowest BCUT2D eigenvalue weighted by Gasteiger charge is -1.99. The Hall–Kier alpha value is -1.07. The van der Waals surface area contributed by atoms with Crippen LogP contribution in [-0.2, 0) is 6.42 Å². The molecular weight excluding hydrogens is 160 g/mol. The molecule has 0 radical (unpaired) electrons. The standard InChI is InChI=1S/C6H8N4S/c7-10-6(11)4-5-8-2-1-3-9-5/h1-3H,4,7H2,(H,10,11). The van der Waals surface area contributed by atoms with Gasteiger partial charge in [0.05, 0.1) is 11.4 Å². The molecule has 0 atom stereocenters. The smallest absolute Gasteiger partial charge is 0.134 e. The molecule has 0 bridgehead atoms. The normalized spacial score (nSPS) is 9.18. The van der Waals surface area contributed by atoms with Gasteiger partial charge in [-0.25, -0.2) is 9.97 Å². The molecule has 11 heavy (non-hydrogen) atoms. The van der Waals surface area contributed by atoms with E-state index in [1.807, 2.05) is 0 Å². The summed E-state index contributed by atoms with van der Waals surface area (Å²) in [5.41, 5.74) is 2.36. The molecule has 1 heterocycles. The summed E-state index contributed by atoms with van der Waals surface area (Å²) in [6.07, 6.45) is 3.83. The number of hydrogen-bond acceptors (Lipinski definition) is 4. The zero-order chi connectivity index (χ0) is 8.10. The minimum atomic E-state index is 0.493. The van der Waals surface area contributed by atoms with Crippen molar-refractivity contribution in [2.45, 2.75) is 6.42 Å². The van der Waals surface area contributed by atoms with Gasteiger partial charge in [0.15, 0.2) is 0 Å². The van der Waals surface area contributed by atoms with E-state index in [2.05, 4.69) is 15.4 Å². The molecule has 0 fully saturated rings. The quantitative estimate of drug-likeness (QED) is 0.364. The van der Waals surface area contributed by atoms with Crippen LogP contribution in [0, 0.1) is 0 Å². The summed E-state index contributed by atoms with van der Waals surface area (Å²) in [7, 11) is 0. The second-order valence-corrected chi connectivity index (χ2v) is 2.40. The molecule has 1 rings (SSSR count). The van der Waals surface area contributed by atoms with E-state index in [1.54, 1.807) is 18.5 Å². The van der Waals surface area contributed by atoms with E-state index in [4.69, 9.17) is 18.1 Å². The number of nitrogens with one attached hydrogen (secondary N) is 1. The molecule has 0 spiro atoms. The van der Waals surface area contributed by atoms with Gasteiger partial charge < -0.3 is 5.43 Å². The summed E-state index contributed by atoms with van der Waals surface area (Å²) in [5.74, 6) is 5.75. The average molecular weight is 168 g/mol. The van der Waals surface area contributed by atoms with Gasteiger partial charge in [0, 0.05) is 12.4 Å². The fraction of sp³-hybridized carbons (Fsp3) is 0.167. The van der Waals surface area contributed by atoms with E-state index < -0.39 is 0 Å². The van der Waals surface area contributed by atoms with Gasteiger partial charge in [-0.3, -0.25) is 5.84 Å². The van der Waals surface area contributed by atoms with Crippen LogP contribution in [0.2, 0.25) is 0 Å². The van der Waals surface area contributed by atoms with E-state index in [0.717, 1.165) is 0 Å². The monoisotopic (exact) mass is 168 g/mol. The molecule has 0 amide bonds. The lowest BCUT2D eigenvalue weighted by atomic mass is 10.4. The van der Waals surface area contributed by atoms with Gasteiger partial charge >= 0.3 is 0 Å². The lowest BCUT2D eigenvalue weighted by Crippen LogP contribution is -2.30. The number of thiocarbonyl (C=S) groups is 1. The van der Waals surface area contributed by atoms with Crippen molar-refractivity contribution >= 4 is 17.2 Å². The Morgan fingerprint density at radius 3 is 2.73 bits per heavy atom. The zero-order valence-corrected chi connectivity index (χ0v) is 6.64. The molecule has 0 saturated carbocycles. The molecule has 0 aliphatic carbocycles. The minimum absolute atomic E-state index is 0.493. The predicted octanol–water partition coefficient (Wildman–Crippen LogP) is -0.190. The van der Waals surface area contributed by atoms with Crippen LogP contribution in [0.5, 0.6) is 0 Å². The second kappa shape index (κ2) is 3.95. The van der Waals surface area contributed by atoms with Gasteiger partial charge in [-0.1, -0.05) is 12.2 Å². The van der Waals surface area contributed by atoms with Crippen molar-refractivity contribution in [3.8, 4) is 0 Å². The van der Waals surface area contributed by atoms with Crippen molar-refractivity contribution in [3.05, 3.63) is 24.3 Å². The van der Waals surface area contributed by atoms with Gasteiger partial charge in [-0.2, -0.15) is 0 Å². The fourth-order valence-corrected chi connectivity index (χ4v) is 0.745. The van der Waals surface area contributed by atoms with E-state index in [-0.39, 0.29) is 0 Å². The number of rotatable bonds is 2. The van der Waals surface area contributed by atoms with Crippen LogP contribution in [0.3, 0.4) is 0 Å². The third kappa shape index (κ3) is 2.57. The maximum Gasteiger partial charge on any atom is 0.134 e. The molecule has 4 nitrogen and oxygen atoms in total. The number of hydrogen-bond donors (Lipinski definition) is 2. The maximum absolute atomic E-state index is 5.07. The molecule has 0 aliphatic heterocycles. The Morgan fingerprint density at radius 2 is 2.18 bits per heavy atom. The van der Waals surface area contributed by atoms with Gasteiger partial charge in [0.1, 0.15) is 5.82 Å². The zero-order valence-electron chi connectivity index (χ0n) is 5.82. The third-order valence-corrected chi connectivity index (χ3v) is 1.36. The first-order valence-corrected chi connectivity index (χ1v) is 3.49. The average Bonchev–Trinajstić information content (AvgIpc) is 2.06. The van der Waals surface area contributed by atoms with Crippen molar-refractivity contribution in [3.63, 3.8) is 0 Å². The highest BCUT2D eigenvalue weighted by molar-refractivity contribution is 7.80. The van der Waals surface area contributed by atoms with Crippen molar-refractivity contribution in [1.29, 1.82) is 0 Å². The van der Waals surface area contributed by atoms with Crippen LogP contribution in [0.25, 0.3) is 0 Å². The topological polar surface area (TPSA) is 63.8 Å². The largest absolute Gasteiger partial charge is 0.318 e. The molecule has 1 aromatic rings. The van der Waals surface area contributed by atoms with Crippen LogP contribution < -0.4 is 11.3 Å². The second-order valence-electron chi connectivity index (χ2n) is 1.91. The van der Waals surface area contributed by atoms with E-state index in [1.165, 1.54) is 0 Å². The summed E-state index contributed by atoms with van der Waals surface area (Å²) in [6.45, 7) is 0. The Bertz CT molecular complexity index is 236. The summed E-state index contributed by atoms with van der Waals surface area (Å²) < 4.78 is 0. The molecule has 1 aromatic heterocycles. The maximum atomic E-state index is 5.07. The highest BCUT2D eigenvalue weighted by atomic mass is 32.1. The third-order valence-electron chi connectivity index (χ3n) is 1.10. The summed E-state index contributed by atoms with van der Waals surface area (Å²) in [5, 5.41) is 0. The highest BCUT2D eigenvalue weighted by Gasteiger charge is 1.97. The van der Waals surface area contributed by atoms with E-state index in [0.29, 0.717) is 17.2 Å². The molecule has 0 aromatic carbocycles. The fourth-order valence-electron chi connectivity index (χ4n) is 0.616. The molecule has 58 valence electrons.